The first-order chi connectivity index (χ1) is 5.97. The molecule has 0 aromatic heterocycles. The maximum atomic E-state index is 10.8. The second-order valence-corrected chi connectivity index (χ2v) is 5.64. The average Bonchev–Trinajstić information content (AvgIpc) is 2.49. The van der Waals surface area contributed by atoms with Gasteiger partial charge in [-0.2, -0.15) is 0 Å². The van der Waals surface area contributed by atoms with Crippen molar-refractivity contribution in [2.75, 3.05) is 31.9 Å². The Morgan fingerprint density at radius 2 is 1.85 bits per heavy atom. The molecule has 0 aliphatic carbocycles. The quantitative estimate of drug-likeness (QED) is 0.655. The molecule has 78 valence electrons. The van der Waals surface area contributed by atoms with Crippen molar-refractivity contribution in [3.8, 4) is 0 Å². The van der Waals surface area contributed by atoms with Crippen LogP contribution in [0.2, 0.25) is 0 Å². The highest BCUT2D eigenvalue weighted by Gasteiger charge is 2.30. The standard InChI is InChI=1S/C8H19N2O2S/c1-2-10(5-3-4-6-10)7-8-13(9,11)12/h2-8H2,1H3,(H2,9,11,12)/q+1. The van der Waals surface area contributed by atoms with Crippen molar-refractivity contribution < 1.29 is 12.9 Å². The number of quaternary nitrogens is 1. The van der Waals surface area contributed by atoms with Crippen LogP contribution in [0.25, 0.3) is 0 Å². The second kappa shape index (κ2) is 3.94. The molecule has 0 unspecified atom stereocenters. The molecule has 0 aromatic rings. The smallest absolute Gasteiger partial charge is 0.214 e. The normalized spacial score (nSPS) is 22.0. The number of primary sulfonamides is 1. The molecule has 0 amide bonds. The Labute approximate surface area is 80.4 Å². The third-order valence-electron chi connectivity index (χ3n) is 3.04. The molecule has 0 bridgehead atoms. The first-order valence-corrected chi connectivity index (χ1v) is 6.55. The Bertz CT molecular complexity index is 255. The van der Waals surface area contributed by atoms with Gasteiger partial charge in [0.1, 0.15) is 5.75 Å². The summed E-state index contributed by atoms with van der Waals surface area (Å²) in [5.41, 5.74) is 0. The number of sulfonamides is 1. The van der Waals surface area contributed by atoms with E-state index in [1.54, 1.807) is 0 Å². The molecule has 0 saturated carbocycles. The SMILES string of the molecule is CC[N+]1(CCS(N)(=O)=O)CCCC1. The van der Waals surface area contributed by atoms with Crippen LogP contribution in [0.5, 0.6) is 0 Å². The number of likely N-dealkylation sites (tertiary alicyclic amines) is 1. The molecular formula is C8H19N2O2S+. The van der Waals surface area contributed by atoms with Gasteiger partial charge in [-0.05, 0) is 6.92 Å². The first-order valence-electron chi connectivity index (χ1n) is 4.83. The molecule has 1 aliphatic rings. The Balaban J connectivity index is 2.50. The Morgan fingerprint density at radius 1 is 1.31 bits per heavy atom. The average molecular weight is 207 g/mol. The van der Waals surface area contributed by atoms with E-state index >= 15 is 0 Å². The zero-order valence-electron chi connectivity index (χ0n) is 8.20. The lowest BCUT2D eigenvalue weighted by Gasteiger charge is -2.32. The van der Waals surface area contributed by atoms with Crippen LogP contribution in [0.15, 0.2) is 0 Å². The van der Waals surface area contributed by atoms with Crippen molar-refractivity contribution >= 4 is 10.0 Å². The van der Waals surface area contributed by atoms with E-state index in [-0.39, 0.29) is 5.75 Å². The van der Waals surface area contributed by atoms with Crippen molar-refractivity contribution in [2.45, 2.75) is 19.8 Å². The molecular weight excluding hydrogens is 188 g/mol. The van der Waals surface area contributed by atoms with Gasteiger partial charge in [-0.1, -0.05) is 0 Å². The summed E-state index contributed by atoms with van der Waals surface area (Å²) >= 11 is 0. The van der Waals surface area contributed by atoms with Crippen LogP contribution < -0.4 is 5.14 Å². The van der Waals surface area contributed by atoms with Crippen LogP contribution in [0.1, 0.15) is 19.8 Å². The van der Waals surface area contributed by atoms with Gasteiger partial charge >= 0.3 is 0 Å². The Morgan fingerprint density at radius 3 is 2.23 bits per heavy atom. The molecule has 0 spiro atoms. The highest BCUT2D eigenvalue weighted by atomic mass is 32.2. The Hall–Kier alpha value is -0.130. The topological polar surface area (TPSA) is 60.2 Å². The number of hydrogen-bond acceptors (Lipinski definition) is 2. The first kappa shape index (κ1) is 10.9. The molecule has 1 rings (SSSR count). The van der Waals surface area contributed by atoms with Gasteiger partial charge in [0, 0.05) is 12.8 Å². The van der Waals surface area contributed by atoms with E-state index in [2.05, 4.69) is 6.92 Å². The summed E-state index contributed by atoms with van der Waals surface area (Å²) < 4.78 is 22.6. The van der Waals surface area contributed by atoms with E-state index in [0.717, 1.165) is 24.1 Å². The van der Waals surface area contributed by atoms with Crippen molar-refractivity contribution in [3.63, 3.8) is 0 Å². The van der Waals surface area contributed by atoms with Crippen LogP contribution in [-0.2, 0) is 10.0 Å². The van der Waals surface area contributed by atoms with Crippen LogP contribution in [0.3, 0.4) is 0 Å². The van der Waals surface area contributed by atoms with E-state index in [9.17, 15) is 8.42 Å². The van der Waals surface area contributed by atoms with Crippen molar-refractivity contribution in [1.82, 2.24) is 0 Å². The van der Waals surface area contributed by atoms with Crippen molar-refractivity contribution in [2.24, 2.45) is 5.14 Å². The summed E-state index contributed by atoms with van der Waals surface area (Å²) in [4.78, 5) is 0. The molecule has 4 nitrogen and oxygen atoms in total. The molecule has 1 fully saturated rings. The second-order valence-electron chi connectivity index (χ2n) is 3.90. The van der Waals surface area contributed by atoms with E-state index < -0.39 is 10.0 Å². The van der Waals surface area contributed by atoms with E-state index in [1.165, 1.54) is 12.8 Å². The third-order valence-corrected chi connectivity index (χ3v) is 3.79. The van der Waals surface area contributed by atoms with Crippen LogP contribution in [0, 0.1) is 0 Å². The minimum absolute atomic E-state index is 0.126. The molecule has 0 aromatic carbocycles. The summed E-state index contributed by atoms with van der Waals surface area (Å²) in [5.74, 6) is 0.126. The van der Waals surface area contributed by atoms with E-state index in [4.69, 9.17) is 5.14 Å². The number of rotatable bonds is 4. The number of nitrogens with zero attached hydrogens (tertiary/aromatic N) is 1. The van der Waals surface area contributed by atoms with Crippen molar-refractivity contribution in [1.29, 1.82) is 0 Å². The fourth-order valence-corrected chi connectivity index (χ4v) is 2.67. The van der Waals surface area contributed by atoms with Crippen LogP contribution >= 0.6 is 0 Å². The summed E-state index contributed by atoms with van der Waals surface area (Å²) in [6, 6.07) is 0. The zero-order chi connectivity index (χ0) is 9.95. The predicted octanol–water partition coefficient (Wildman–Crippen LogP) is -0.0946. The fourth-order valence-electron chi connectivity index (χ4n) is 2.03. The summed E-state index contributed by atoms with van der Waals surface area (Å²) in [6.45, 7) is 6.07. The maximum Gasteiger partial charge on any atom is 0.214 e. The lowest BCUT2D eigenvalue weighted by Crippen LogP contribution is -2.48. The maximum absolute atomic E-state index is 10.8. The van der Waals surface area contributed by atoms with Gasteiger partial charge < -0.3 is 4.48 Å². The molecule has 5 heteroatoms. The van der Waals surface area contributed by atoms with Gasteiger partial charge in [-0.25, -0.2) is 13.6 Å². The fraction of sp³-hybridized carbons (Fsp3) is 1.00. The lowest BCUT2D eigenvalue weighted by atomic mass is 10.4. The number of nitrogens with two attached hydrogens (primary N) is 1. The highest BCUT2D eigenvalue weighted by Crippen LogP contribution is 2.18. The Kier molecular flexibility index (Phi) is 3.32. The van der Waals surface area contributed by atoms with Gasteiger partial charge in [0.05, 0.1) is 26.2 Å². The third kappa shape index (κ3) is 3.25. The van der Waals surface area contributed by atoms with Gasteiger partial charge in [0.25, 0.3) is 0 Å². The lowest BCUT2D eigenvalue weighted by molar-refractivity contribution is -0.912. The molecule has 2 N–H and O–H groups in total. The molecule has 1 saturated heterocycles. The molecule has 1 heterocycles. The van der Waals surface area contributed by atoms with Crippen LogP contribution in [0.4, 0.5) is 0 Å². The molecule has 0 atom stereocenters. The molecule has 13 heavy (non-hydrogen) atoms. The monoisotopic (exact) mass is 207 g/mol. The minimum Gasteiger partial charge on any atom is -0.323 e. The van der Waals surface area contributed by atoms with Crippen molar-refractivity contribution in [3.05, 3.63) is 0 Å². The van der Waals surface area contributed by atoms with E-state index in [1.807, 2.05) is 0 Å². The number of hydrogen-bond donors (Lipinski definition) is 1. The van der Waals surface area contributed by atoms with Gasteiger partial charge in [-0.3, -0.25) is 0 Å². The van der Waals surface area contributed by atoms with Gasteiger partial charge in [-0.15, -0.1) is 0 Å². The predicted molar refractivity (Wildman–Crippen MR) is 52.6 cm³/mol. The highest BCUT2D eigenvalue weighted by molar-refractivity contribution is 7.89. The minimum atomic E-state index is -3.28. The summed E-state index contributed by atoms with van der Waals surface area (Å²) in [7, 11) is -3.28. The largest absolute Gasteiger partial charge is 0.323 e. The van der Waals surface area contributed by atoms with Gasteiger partial charge in [0.15, 0.2) is 0 Å². The molecule has 1 aliphatic heterocycles. The summed E-state index contributed by atoms with van der Waals surface area (Å²) in [6.07, 6.45) is 2.44. The summed E-state index contributed by atoms with van der Waals surface area (Å²) in [5, 5.41) is 4.99. The van der Waals surface area contributed by atoms with E-state index in [0.29, 0.717) is 6.54 Å². The molecule has 0 radical (unpaired) electrons. The zero-order valence-corrected chi connectivity index (χ0v) is 9.02. The van der Waals surface area contributed by atoms with Crippen LogP contribution in [-0.4, -0.2) is 44.8 Å². The van der Waals surface area contributed by atoms with Gasteiger partial charge in [0.2, 0.25) is 10.0 Å².